The third-order valence-corrected chi connectivity index (χ3v) is 11.5. The first-order valence-electron chi connectivity index (χ1n) is 17.0. The number of likely N-dealkylation sites (N-methyl/N-ethyl adjacent to an activating group) is 1. The van der Waals surface area contributed by atoms with E-state index in [1.807, 2.05) is 6.07 Å². The average molecular weight is 668 g/mol. The molecule has 0 saturated carbocycles. The molecule has 0 spiro atoms. The summed E-state index contributed by atoms with van der Waals surface area (Å²) in [6.45, 7) is 4.56. The highest BCUT2D eigenvalue weighted by molar-refractivity contribution is 6.18. The Hall–Kier alpha value is -4.53. The SMILES string of the molecule is C#Cc1c(F)ccc2cc(O)cc(-c3c(F)c4nc(OC[C@@]56CCCN5C[C@H](F)C6)nc(N5C[C@H]6CC[C@@H](C5)N6C)c4c4cc(C)oc34)c12. The van der Waals surface area contributed by atoms with Crippen LogP contribution in [0.25, 0.3) is 43.8 Å². The van der Waals surface area contributed by atoms with Crippen LogP contribution < -0.4 is 9.64 Å². The number of hydrogen-bond acceptors (Lipinski definition) is 8. The Bertz CT molecular complexity index is 2220. The van der Waals surface area contributed by atoms with Crippen LogP contribution >= 0.6 is 0 Å². The maximum absolute atomic E-state index is 17.5. The standard InChI is InChI=1S/C38H36F3N5O3/c1-4-26-29(40)9-6-21-13-25(47)14-27(30(21)26)31-33(41)34-32(28-12-20(2)49-35(28)31)36(45-17-23-7-8-24(18-45)44(23)3)43-37(42-34)48-19-38-10-5-11-46(38)16-22(39)15-38/h1,6,9,12-14,22-24,47H,5,7-8,10-11,15-19H2,2-3H3/t22-,23-,24+,38+/m1/s1. The lowest BCUT2D eigenvalue weighted by molar-refractivity contribution is 0.107. The average Bonchev–Trinajstić information content (AvgIpc) is 3.77. The molecule has 2 bridgehead atoms. The molecule has 2 aromatic heterocycles. The smallest absolute Gasteiger partial charge is 0.319 e. The summed E-state index contributed by atoms with van der Waals surface area (Å²) in [6.07, 6.45) is 9.13. The van der Waals surface area contributed by atoms with Crippen LogP contribution in [-0.2, 0) is 0 Å². The molecule has 6 heterocycles. The van der Waals surface area contributed by atoms with Crippen molar-refractivity contribution in [3.8, 4) is 35.2 Å². The highest BCUT2D eigenvalue weighted by atomic mass is 19.1. The Morgan fingerprint density at radius 3 is 2.67 bits per heavy atom. The molecule has 0 radical (unpaired) electrons. The molecule has 4 aliphatic rings. The number of nitrogens with zero attached hydrogens (tertiary/aromatic N) is 5. The van der Waals surface area contributed by atoms with Crippen LogP contribution in [0.4, 0.5) is 19.0 Å². The molecule has 4 saturated heterocycles. The Kier molecular flexibility index (Phi) is 6.85. The fraction of sp³-hybridized carbons (Fsp3) is 0.421. The van der Waals surface area contributed by atoms with Gasteiger partial charge in [0.05, 0.1) is 22.1 Å². The number of aryl methyl sites for hydroxylation is 1. The molecule has 0 amide bonds. The number of fused-ring (bicyclic) bond motifs is 7. The number of alkyl halides is 1. The Morgan fingerprint density at radius 2 is 1.90 bits per heavy atom. The molecule has 252 valence electrons. The van der Waals surface area contributed by atoms with E-state index >= 15 is 8.78 Å². The van der Waals surface area contributed by atoms with Crippen LogP contribution in [0.2, 0.25) is 0 Å². The minimum Gasteiger partial charge on any atom is -0.508 e. The topological polar surface area (TPSA) is 78.1 Å². The quantitative estimate of drug-likeness (QED) is 0.208. The molecule has 4 atom stereocenters. The van der Waals surface area contributed by atoms with Gasteiger partial charge in [-0.15, -0.1) is 6.42 Å². The number of aromatic hydroxyl groups is 1. The number of hydrogen-bond donors (Lipinski definition) is 1. The summed E-state index contributed by atoms with van der Waals surface area (Å²) in [6, 6.07) is 8.07. The normalized spacial score (nSPS) is 25.6. The monoisotopic (exact) mass is 667 g/mol. The lowest BCUT2D eigenvalue weighted by Crippen LogP contribution is -2.52. The van der Waals surface area contributed by atoms with E-state index in [0.29, 0.717) is 65.9 Å². The molecule has 9 rings (SSSR count). The largest absolute Gasteiger partial charge is 0.508 e. The van der Waals surface area contributed by atoms with Crippen LogP contribution in [0.3, 0.4) is 0 Å². The summed E-state index contributed by atoms with van der Waals surface area (Å²) in [7, 11) is 2.15. The molecule has 4 fully saturated rings. The zero-order chi connectivity index (χ0) is 33.8. The maximum atomic E-state index is 17.5. The van der Waals surface area contributed by atoms with Gasteiger partial charge in [0.25, 0.3) is 0 Å². The van der Waals surface area contributed by atoms with Gasteiger partial charge < -0.3 is 19.2 Å². The summed E-state index contributed by atoms with van der Waals surface area (Å²) >= 11 is 0. The van der Waals surface area contributed by atoms with E-state index in [4.69, 9.17) is 25.5 Å². The molecule has 5 aromatic rings. The summed E-state index contributed by atoms with van der Waals surface area (Å²) in [4.78, 5) is 16.5. The summed E-state index contributed by atoms with van der Waals surface area (Å²) in [5.41, 5.74) is -0.0768. The highest BCUT2D eigenvalue weighted by Gasteiger charge is 2.49. The number of anilines is 1. The number of furan rings is 1. The van der Waals surface area contributed by atoms with Crippen molar-refractivity contribution in [2.45, 2.75) is 62.8 Å². The lowest BCUT2D eigenvalue weighted by Gasteiger charge is -2.40. The van der Waals surface area contributed by atoms with Gasteiger partial charge in [-0.2, -0.15) is 9.97 Å². The second-order valence-corrected chi connectivity index (χ2v) is 14.3. The zero-order valence-corrected chi connectivity index (χ0v) is 27.4. The molecule has 3 aromatic carbocycles. The Morgan fingerprint density at radius 1 is 1.10 bits per heavy atom. The van der Waals surface area contributed by atoms with Gasteiger partial charge in [-0.1, -0.05) is 12.0 Å². The first-order chi connectivity index (χ1) is 23.6. The number of rotatable bonds is 5. The van der Waals surface area contributed by atoms with E-state index < -0.39 is 23.3 Å². The van der Waals surface area contributed by atoms with Gasteiger partial charge in [0.1, 0.15) is 47.0 Å². The van der Waals surface area contributed by atoms with E-state index in [1.165, 1.54) is 24.3 Å². The number of piperazine rings is 1. The molecular weight excluding hydrogens is 631 g/mol. The van der Waals surface area contributed by atoms with Crippen LogP contribution in [0.1, 0.15) is 43.4 Å². The maximum Gasteiger partial charge on any atom is 0.319 e. The predicted molar refractivity (Wildman–Crippen MR) is 182 cm³/mol. The molecule has 0 aliphatic carbocycles. The highest BCUT2D eigenvalue weighted by Crippen LogP contribution is 2.47. The number of halogens is 3. The Balaban J connectivity index is 1.29. The number of phenols is 1. The molecule has 4 aliphatic heterocycles. The van der Waals surface area contributed by atoms with Crippen LogP contribution in [0.15, 0.2) is 34.7 Å². The van der Waals surface area contributed by atoms with E-state index in [2.05, 4.69) is 27.7 Å². The van der Waals surface area contributed by atoms with Crippen molar-refractivity contribution in [3.05, 3.63) is 53.3 Å². The lowest BCUT2D eigenvalue weighted by atomic mass is 9.91. The van der Waals surface area contributed by atoms with Gasteiger partial charge in [-0.3, -0.25) is 9.80 Å². The summed E-state index contributed by atoms with van der Waals surface area (Å²) < 4.78 is 59.9. The van der Waals surface area contributed by atoms with Crippen molar-refractivity contribution in [3.63, 3.8) is 0 Å². The third kappa shape index (κ3) is 4.60. The van der Waals surface area contributed by atoms with Crippen molar-refractivity contribution in [2.24, 2.45) is 0 Å². The Labute approximate surface area is 281 Å². The van der Waals surface area contributed by atoms with Crippen molar-refractivity contribution in [1.82, 2.24) is 19.8 Å². The molecule has 0 unspecified atom stereocenters. The van der Waals surface area contributed by atoms with E-state index in [-0.39, 0.29) is 51.5 Å². The molecule has 49 heavy (non-hydrogen) atoms. The number of phenolic OH excluding ortho intramolecular Hbond substituents is 1. The van der Waals surface area contributed by atoms with E-state index in [9.17, 15) is 9.50 Å². The third-order valence-electron chi connectivity index (χ3n) is 11.5. The zero-order valence-electron chi connectivity index (χ0n) is 27.4. The fourth-order valence-corrected chi connectivity index (χ4v) is 9.17. The number of benzene rings is 3. The molecule has 11 heteroatoms. The van der Waals surface area contributed by atoms with Crippen molar-refractivity contribution in [1.29, 1.82) is 0 Å². The number of ether oxygens (including phenoxy) is 1. The van der Waals surface area contributed by atoms with Gasteiger partial charge in [-0.25, -0.2) is 13.2 Å². The number of terminal acetylenes is 1. The minimum atomic E-state index is -0.926. The fourth-order valence-electron chi connectivity index (χ4n) is 9.17. The molecule has 1 N–H and O–H groups in total. The van der Waals surface area contributed by atoms with E-state index in [0.717, 1.165) is 32.2 Å². The second kappa shape index (κ2) is 11.0. The van der Waals surface area contributed by atoms with Gasteiger partial charge in [0.15, 0.2) is 5.82 Å². The van der Waals surface area contributed by atoms with Crippen LogP contribution in [0.5, 0.6) is 11.8 Å². The first-order valence-corrected chi connectivity index (χ1v) is 17.0. The molecule has 8 nitrogen and oxygen atoms in total. The van der Waals surface area contributed by atoms with Crippen molar-refractivity contribution in [2.75, 3.05) is 44.7 Å². The predicted octanol–water partition coefficient (Wildman–Crippen LogP) is 6.71. The van der Waals surface area contributed by atoms with Gasteiger partial charge in [0.2, 0.25) is 0 Å². The van der Waals surface area contributed by atoms with E-state index in [1.54, 1.807) is 6.92 Å². The van der Waals surface area contributed by atoms with Crippen molar-refractivity contribution >= 4 is 38.5 Å². The van der Waals surface area contributed by atoms with Crippen LogP contribution in [0, 0.1) is 30.9 Å². The number of aromatic nitrogens is 2. The second-order valence-electron chi connectivity index (χ2n) is 14.3. The van der Waals surface area contributed by atoms with Gasteiger partial charge in [-0.05, 0) is 75.9 Å². The van der Waals surface area contributed by atoms with Gasteiger partial charge >= 0.3 is 6.01 Å². The van der Waals surface area contributed by atoms with Crippen LogP contribution in [-0.4, -0.2) is 88.5 Å². The minimum absolute atomic E-state index is 0.00396. The van der Waals surface area contributed by atoms with Crippen molar-refractivity contribution < 1.29 is 27.4 Å². The van der Waals surface area contributed by atoms with Gasteiger partial charge in [0, 0.05) is 54.5 Å². The molecular formula is C38H36F3N5O3. The summed E-state index contributed by atoms with van der Waals surface area (Å²) in [5.74, 6) is 2.00. The first kappa shape index (κ1) is 30.5. The summed E-state index contributed by atoms with van der Waals surface area (Å²) in [5, 5.41) is 12.6.